The number of thiazole rings is 1. The molecule has 0 unspecified atom stereocenters. The molecule has 174 valence electrons. The molecule has 34 heavy (non-hydrogen) atoms. The third-order valence-corrected chi connectivity index (χ3v) is 6.73. The van der Waals surface area contributed by atoms with Gasteiger partial charge in [0.25, 0.3) is 5.78 Å². The number of hydrogen-bond acceptors (Lipinski definition) is 8. The van der Waals surface area contributed by atoms with Crippen molar-refractivity contribution in [1.82, 2.24) is 4.98 Å². The maximum Gasteiger partial charge on any atom is 0.350 e. The molecule has 2 heterocycles. The Hall–Kier alpha value is -3.98. The molecule has 1 amide bonds. The van der Waals surface area contributed by atoms with Gasteiger partial charge in [-0.05, 0) is 43.2 Å². The van der Waals surface area contributed by atoms with Crippen molar-refractivity contribution in [2.24, 2.45) is 0 Å². The SMILES string of the molecule is COC(=O)c1sc(N2C(=O)C(=O)C(=C(O)c3ccc(OC)c(C)c3)[C@H]2c2ccccc2)nc1C. The molecule has 1 aliphatic rings. The number of esters is 1. The van der Waals surface area contributed by atoms with E-state index < -0.39 is 23.7 Å². The summed E-state index contributed by atoms with van der Waals surface area (Å²) in [6, 6.07) is 13.0. The number of aliphatic hydroxyl groups is 1. The normalized spacial score (nSPS) is 17.2. The van der Waals surface area contributed by atoms with Crippen LogP contribution in [-0.4, -0.2) is 42.0 Å². The lowest BCUT2D eigenvalue weighted by Gasteiger charge is -2.23. The number of rotatable bonds is 5. The van der Waals surface area contributed by atoms with Gasteiger partial charge in [0.15, 0.2) is 5.13 Å². The first-order valence-corrected chi connectivity index (χ1v) is 11.2. The molecule has 1 aliphatic heterocycles. The molecular weight excluding hydrogens is 456 g/mol. The molecule has 8 nitrogen and oxygen atoms in total. The maximum absolute atomic E-state index is 13.2. The van der Waals surface area contributed by atoms with Crippen LogP contribution in [0.15, 0.2) is 54.1 Å². The highest BCUT2D eigenvalue weighted by Gasteiger charge is 2.48. The van der Waals surface area contributed by atoms with E-state index in [-0.39, 0.29) is 21.3 Å². The van der Waals surface area contributed by atoms with Crippen molar-refractivity contribution in [3.63, 3.8) is 0 Å². The number of ketones is 1. The average molecular weight is 479 g/mol. The highest BCUT2D eigenvalue weighted by atomic mass is 32.1. The molecule has 9 heteroatoms. The van der Waals surface area contributed by atoms with E-state index in [1.807, 2.05) is 13.0 Å². The van der Waals surface area contributed by atoms with E-state index in [1.54, 1.807) is 56.5 Å². The fraction of sp³-hybridized carbons (Fsp3) is 0.200. The van der Waals surface area contributed by atoms with Gasteiger partial charge in [-0.25, -0.2) is 9.78 Å². The first-order chi connectivity index (χ1) is 16.3. The van der Waals surface area contributed by atoms with Gasteiger partial charge in [-0.2, -0.15) is 0 Å². The fourth-order valence-electron chi connectivity index (χ4n) is 3.93. The molecule has 0 aliphatic carbocycles. The largest absolute Gasteiger partial charge is 0.507 e. The van der Waals surface area contributed by atoms with Crippen LogP contribution in [0.4, 0.5) is 5.13 Å². The van der Waals surface area contributed by atoms with Crippen LogP contribution in [-0.2, 0) is 14.3 Å². The molecule has 2 aromatic carbocycles. The summed E-state index contributed by atoms with van der Waals surface area (Å²) >= 11 is 0.957. The number of amides is 1. The van der Waals surface area contributed by atoms with Crippen molar-refractivity contribution in [1.29, 1.82) is 0 Å². The van der Waals surface area contributed by atoms with Crippen LogP contribution in [0.5, 0.6) is 5.75 Å². The highest BCUT2D eigenvalue weighted by Crippen LogP contribution is 2.44. The minimum atomic E-state index is -0.931. The van der Waals surface area contributed by atoms with Crippen LogP contribution in [0.1, 0.15) is 38.1 Å². The lowest BCUT2D eigenvalue weighted by atomic mass is 9.95. The summed E-state index contributed by atoms with van der Waals surface area (Å²) in [4.78, 5) is 44.4. The topological polar surface area (TPSA) is 106 Å². The first kappa shape index (κ1) is 23.2. The van der Waals surface area contributed by atoms with E-state index in [9.17, 15) is 19.5 Å². The second-order valence-corrected chi connectivity index (χ2v) is 8.64. The van der Waals surface area contributed by atoms with Gasteiger partial charge in [-0.15, -0.1) is 0 Å². The van der Waals surface area contributed by atoms with Crippen LogP contribution in [0, 0.1) is 13.8 Å². The van der Waals surface area contributed by atoms with E-state index in [0.717, 1.165) is 16.9 Å². The molecule has 1 saturated heterocycles. The first-order valence-electron chi connectivity index (χ1n) is 10.3. The Morgan fingerprint density at radius 1 is 1.09 bits per heavy atom. The number of aryl methyl sites for hydroxylation is 2. The lowest BCUT2D eigenvalue weighted by Crippen LogP contribution is -2.29. The number of carbonyl (C=O) groups is 3. The van der Waals surface area contributed by atoms with Crippen LogP contribution in [0.3, 0.4) is 0 Å². The Morgan fingerprint density at radius 3 is 2.41 bits per heavy atom. The summed E-state index contributed by atoms with van der Waals surface area (Å²) in [5.74, 6) is -1.94. The quantitative estimate of drug-likeness (QED) is 0.254. The Bertz CT molecular complexity index is 1330. The van der Waals surface area contributed by atoms with E-state index in [4.69, 9.17) is 9.47 Å². The highest BCUT2D eigenvalue weighted by molar-refractivity contribution is 7.17. The zero-order chi connectivity index (χ0) is 24.6. The second kappa shape index (κ2) is 9.11. The summed E-state index contributed by atoms with van der Waals surface area (Å²) in [6.45, 7) is 3.44. The molecular formula is C25H22N2O6S. The number of aliphatic hydroxyl groups excluding tert-OH is 1. The molecule has 0 spiro atoms. The molecule has 0 radical (unpaired) electrons. The predicted octanol–water partition coefficient (Wildman–Crippen LogP) is 4.18. The number of hydrogen-bond donors (Lipinski definition) is 1. The molecule has 0 bridgehead atoms. The average Bonchev–Trinajstić information content (AvgIpc) is 3.35. The number of Topliss-reactive ketones (excluding diaryl/α,β-unsaturated/α-hetero) is 1. The van der Waals surface area contributed by atoms with Crippen molar-refractivity contribution in [2.75, 3.05) is 19.1 Å². The Morgan fingerprint density at radius 2 is 1.79 bits per heavy atom. The van der Waals surface area contributed by atoms with Gasteiger partial charge in [0.2, 0.25) is 0 Å². The van der Waals surface area contributed by atoms with Crippen molar-refractivity contribution < 1.29 is 29.0 Å². The Kier molecular flexibility index (Phi) is 6.21. The standard InChI is InChI=1S/C25H22N2O6S/c1-13-12-16(10-11-17(13)32-3)20(28)18-19(15-8-6-5-7-9-15)27(23(30)21(18)29)25-26-14(2)22(34-25)24(31)33-4/h5-12,19,28H,1-4H3/t19-/m1/s1. The number of methoxy groups -OCH3 is 2. The van der Waals surface area contributed by atoms with Crippen molar-refractivity contribution >= 4 is 39.9 Å². The van der Waals surface area contributed by atoms with Gasteiger partial charge in [-0.1, -0.05) is 41.7 Å². The maximum atomic E-state index is 13.2. The van der Waals surface area contributed by atoms with E-state index >= 15 is 0 Å². The zero-order valence-corrected chi connectivity index (χ0v) is 19.8. The second-order valence-electron chi connectivity index (χ2n) is 7.67. The minimum absolute atomic E-state index is 0.0618. The number of benzene rings is 2. The summed E-state index contributed by atoms with van der Waals surface area (Å²) < 4.78 is 10.1. The van der Waals surface area contributed by atoms with Crippen molar-refractivity contribution in [2.45, 2.75) is 19.9 Å². The van der Waals surface area contributed by atoms with E-state index in [0.29, 0.717) is 22.6 Å². The number of ether oxygens (including phenoxy) is 2. The summed E-state index contributed by atoms with van der Waals surface area (Å²) in [7, 11) is 2.80. The molecule has 1 aromatic heterocycles. The van der Waals surface area contributed by atoms with Gasteiger partial charge in [0.05, 0.1) is 31.5 Å². The van der Waals surface area contributed by atoms with Crippen LogP contribution in [0.25, 0.3) is 5.76 Å². The molecule has 1 atom stereocenters. The Labute approximate surface area is 200 Å². The van der Waals surface area contributed by atoms with E-state index in [2.05, 4.69) is 4.98 Å². The van der Waals surface area contributed by atoms with Gasteiger partial charge >= 0.3 is 11.9 Å². The van der Waals surface area contributed by atoms with Gasteiger partial charge < -0.3 is 14.6 Å². The van der Waals surface area contributed by atoms with Crippen LogP contribution in [0.2, 0.25) is 0 Å². The van der Waals surface area contributed by atoms with Crippen LogP contribution < -0.4 is 9.64 Å². The smallest absolute Gasteiger partial charge is 0.350 e. The number of carbonyl (C=O) groups excluding carboxylic acids is 3. The molecule has 1 N–H and O–H groups in total. The van der Waals surface area contributed by atoms with Crippen LogP contribution >= 0.6 is 11.3 Å². The van der Waals surface area contributed by atoms with Crippen molar-refractivity contribution in [3.05, 3.63) is 81.4 Å². The predicted molar refractivity (Wildman–Crippen MR) is 127 cm³/mol. The number of anilines is 1. The third-order valence-electron chi connectivity index (χ3n) is 5.59. The lowest BCUT2D eigenvalue weighted by molar-refractivity contribution is -0.132. The summed E-state index contributed by atoms with van der Waals surface area (Å²) in [5, 5.41) is 11.4. The van der Waals surface area contributed by atoms with Gasteiger partial charge in [-0.3, -0.25) is 14.5 Å². The molecule has 1 fully saturated rings. The summed E-state index contributed by atoms with van der Waals surface area (Å²) in [6.07, 6.45) is 0. The van der Waals surface area contributed by atoms with Gasteiger partial charge in [0.1, 0.15) is 16.4 Å². The fourth-order valence-corrected chi connectivity index (χ4v) is 4.94. The third kappa shape index (κ3) is 3.84. The van der Waals surface area contributed by atoms with E-state index in [1.165, 1.54) is 12.0 Å². The zero-order valence-electron chi connectivity index (χ0n) is 19.0. The molecule has 4 rings (SSSR count). The van der Waals surface area contributed by atoms with Gasteiger partial charge in [0, 0.05) is 5.56 Å². The Balaban J connectivity index is 1.92. The number of nitrogens with zero attached hydrogens (tertiary/aromatic N) is 2. The molecule has 3 aromatic rings. The summed E-state index contributed by atoms with van der Waals surface area (Å²) in [5.41, 5.74) is 2.07. The van der Waals surface area contributed by atoms with Crippen molar-refractivity contribution in [3.8, 4) is 5.75 Å². The monoisotopic (exact) mass is 478 g/mol. The number of aromatic nitrogens is 1. The minimum Gasteiger partial charge on any atom is -0.507 e. The molecule has 0 saturated carbocycles.